The fraction of sp³-hybridized carbons (Fsp3) is 0.259. The standard InChI is InChI=1S/C27H29NO5/c1-2-32-26(30)19-21-11-16-25(29)24(18-21)28-27(31)22-12-14-23(15-13-22)33-17-7-6-10-20-8-4-3-5-9-20/h3-5,8-9,11-16,18,29H,2,6-7,10,17,19H2,1H3,(H,28,31). The van der Waals surface area contributed by atoms with E-state index in [1.54, 1.807) is 43.3 Å². The van der Waals surface area contributed by atoms with Crippen molar-refractivity contribution in [3.05, 3.63) is 89.5 Å². The summed E-state index contributed by atoms with van der Waals surface area (Å²) >= 11 is 0. The molecular formula is C27H29NO5. The molecule has 0 saturated heterocycles. The number of anilines is 1. The molecule has 0 saturated carbocycles. The molecule has 33 heavy (non-hydrogen) atoms. The minimum Gasteiger partial charge on any atom is -0.506 e. The Bertz CT molecular complexity index is 1050. The molecule has 172 valence electrons. The number of phenolic OH excluding ortho intramolecular Hbond substituents is 1. The van der Waals surface area contributed by atoms with E-state index in [4.69, 9.17) is 9.47 Å². The number of ether oxygens (including phenoxy) is 2. The zero-order chi connectivity index (χ0) is 23.5. The Kier molecular flexibility index (Phi) is 8.88. The lowest BCUT2D eigenvalue weighted by molar-refractivity contribution is -0.142. The number of aryl methyl sites for hydroxylation is 1. The molecule has 0 aliphatic rings. The van der Waals surface area contributed by atoms with Gasteiger partial charge in [0.05, 0.1) is 25.3 Å². The maximum absolute atomic E-state index is 12.6. The van der Waals surface area contributed by atoms with Gasteiger partial charge in [0.25, 0.3) is 5.91 Å². The predicted octanol–water partition coefficient (Wildman–Crippen LogP) is 5.15. The van der Waals surface area contributed by atoms with Crippen LogP contribution in [0.2, 0.25) is 0 Å². The number of hydrogen-bond donors (Lipinski definition) is 2. The summed E-state index contributed by atoms with van der Waals surface area (Å²) in [5.74, 6) is -0.110. The lowest BCUT2D eigenvalue weighted by atomic mass is 10.1. The molecular weight excluding hydrogens is 418 g/mol. The number of nitrogens with one attached hydrogen (secondary N) is 1. The number of benzene rings is 3. The van der Waals surface area contributed by atoms with Crippen LogP contribution in [0.15, 0.2) is 72.8 Å². The lowest BCUT2D eigenvalue weighted by Gasteiger charge is -2.11. The van der Waals surface area contributed by atoms with Crippen molar-refractivity contribution in [2.24, 2.45) is 0 Å². The van der Waals surface area contributed by atoms with Gasteiger partial charge in [-0.2, -0.15) is 0 Å². The van der Waals surface area contributed by atoms with Crippen molar-refractivity contribution < 1.29 is 24.2 Å². The highest BCUT2D eigenvalue weighted by Gasteiger charge is 2.12. The molecule has 3 rings (SSSR count). The zero-order valence-electron chi connectivity index (χ0n) is 18.8. The molecule has 0 aliphatic carbocycles. The molecule has 3 aromatic rings. The molecule has 0 heterocycles. The summed E-state index contributed by atoms with van der Waals surface area (Å²) in [6.07, 6.45) is 3.08. The van der Waals surface area contributed by atoms with Gasteiger partial charge in [-0.05, 0) is 73.7 Å². The van der Waals surface area contributed by atoms with E-state index >= 15 is 0 Å². The van der Waals surface area contributed by atoms with E-state index in [-0.39, 0.29) is 29.7 Å². The minimum atomic E-state index is -0.368. The first-order valence-electron chi connectivity index (χ1n) is 11.1. The van der Waals surface area contributed by atoms with Crippen molar-refractivity contribution in [2.75, 3.05) is 18.5 Å². The van der Waals surface area contributed by atoms with E-state index in [9.17, 15) is 14.7 Å². The molecule has 0 fully saturated rings. The Morgan fingerprint density at radius 2 is 1.67 bits per heavy atom. The quantitative estimate of drug-likeness (QED) is 0.241. The molecule has 3 aromatic carbocycles. The number of hydrogen-bond acceptors (Lipinski definition) is 5. The molecule has 0 bridgehead atoms. The van der Waals surface area contributed by atoms with E-state index in [1.165, 1.54) is 11.6 Å². The van der Waals surface area contributed by atoms with Crippen molar-refractivity contribution in [2.45, 2.75) is 32.6 Å². The number of carbonyl (C=O) groups excluding carboxylic acids is 2. The average Bonchev–Trinajstić information content (AvgIpc) is 2.82. The molecule has 6 heteroatoms. The van der Waals surface area contributed by atoms with Gasteiger partial charge in [-0.25, -0.2) is 0 Å². The van der Waals surface area contributed by atoms with Crippen molar-refractivity contribution in [3.8, 4) is 11.5 Å². The smallest absolute Gasteiger partial charge is 0.310 e. The van der Waals surface area contributed by atoms with Crippen LogP contribution >= 0.6 is 0 Å². The van der Waals surface area contributed by atoms with E-state index in [1.807, 2.05) is 18.2 Å². The van der Waals surface area contributed by atoms with E-state index in [2.05, 4.69) is 17.4 Å². The maximum Gasteiger partial charge on any atom is 0.310 e. The van der Waals surface area contributed by atoms with Crippen LogP contribution in [0.25, 0.3) is 0 Å². The van der Waals surface area contributed by atoms with E-state index in [0.29, 0.717) is 30.1 Å². The monoisotopic (exact) mass is 447 g/mol. The highest BCUT2D eigenvalue weighted by Crippen LogP contribution is 2.25. The van der Waals surface area contributed by atoms with Crippen LogP contribution in [0.1, 0.15) is 41.3 Å². The Hall–Kier alpha value is -3.80. The Labute approximate surface area is 194 Å². The first kappa shape index (κ1) is 23.9. The topological polar surface area (TPSA) is 84.9 Å². The molecule has 1 amide bonds. The van der Waals surface area contributed by atoms with Crippen molar-refractivity contribution >= 4 is 17.6 Å². The summed E-state index contributed by atoms with van der Waals surface area (Å²) in [6.45, 7) is 2.65. The van der Waals surface area contributed by atoms with Crippen molar-refractivity contribution in [1.29, 1.82) is 0 Å². The van der Waals surface area contributed by atoms with Gasteiger partial charge in [-0.1, -0.05) is 36.4 Å². The van der Waals surface area contributed by atoms with Crippen LogP contribution in [0, 0.1) is 0 Å². The Morgan fingerprint density at radius 3 is 2.39 bits per heavy atom. The van der Waals surface area contributed by atoms with Gasteiger partial charge in [0.2, 0.25) is 0 Å². The summed E-state index contributed by atoms with van der Waals surface area (Å²) < 4.78 is 10.7. The highest BCUT2D eigenvalue weighted by atomic mass is 16.5. The van der Waals surface area contributed by atoms with Crippen LogP contribution in [0.3, 0.4) is 0 Å². The molecule has 0 radical (unpaired) electrons. The van der Waals surface area contributed by atoms with Crippen LogP contribution in [0.5, 0.6) is 11.5 Å². The average molecular weight is 448 g/mol. The fourth-order valence-corrected chi connectivity index (χ4v) is 3.33. The third-order valence-corrected chi connectivity index (χ3v) is 5.05. The summed E-state index contributed by atoms with van der Waals surface area (Å²) in [5, 5.41) is 12.8. The van der Waals surface area contributed by atoms with Crippen molar-refractivity contribution in [1.82, 2.24) is 0 Å². The Balaban J connectivity index is 1.48. The van der Waals surface area contributed by atoms with Gasteiger partial charge in [-0.3, -0.25) is 9.59 Å². The highest BCUT2D eigenvalue weighted by molar-refractivity contribution is 6.05. The third kappa shape index (κ3) is 7.68. The van der Waals surface area contributed by atoms with Gasteiger partial charge in [-0.15, -0.1) is 0 Å². The number of aromatic hydroxyl groups is 1. The molecule has 0 spiro atoms. The number of amides is 1. The van der Waals surface area contributed by atoms with Gasteiger partial charge in [0.15, 0.2) is 0 Å². The predicted molar refractivity (Wildman–Crippen MR) is 128 cm³/mol. The number of esters is 1. The molecule has 0 unspecified atom stereocenters. The van der Waals surface area contributed by atoms with Crippen molar-refractivity contribution in [3.63, 3.8) is 0 Å². The molecule has 6 nitrogen and oxygen atoms in total. The van der Waals surface area contributed by atoms with E-state index in [0.717, 1.165) is 19.3 Å². The SMILES string of the molecule is CCOC(=O)Cc1ccc(O)c(NC(=O)c2ccc(OCCCCc3ccccc3)cc2)c1. The second-order valence-electron chi connectivity index (χ2n) is 7.60. The van der Waals surface area contributed by atoms with Gasteiger partial charge in [0.1, 0.15) is 11.5 Å². The summed E-state index contributed by atoms with van der Waals surface area (Å²) in [7, 11) is 0. The Morgan fingerprint density at radius 1 is 0.909 bits per heavy atom. The second-order valence-corrected chi connectivity index (χ2v) is 7.60. The zero-order valence-corrected chi connectivity index (χ0v) is 18.8. The number of phenols is 1. The van der Waals surface area contributed by atoms with E-state index < -0.39 is 0 Å². The second kappa shape index (κ2) is 12.3. The molecule has 2 N–H and O–H groups in total. The van der Waals surface area contributed by atoms with Crippen LogP contribution in [-0.4, -0.2) is 30.2 Å². The number of carbonyl (C=O) groups is 2. The van der Waals surface area contributed by atoms with Gasteiger partial charge >= 0.3 is 5.97 Å². The normalized spacial score (nSPS) is 10.5. The first-order chi connectivity index (χ1) is 16.0. The summed E-state index contributed by atoms with van der Waals surface area (Å²) in [6, 6.07) is 21.8. The summed E-state index contributed by atoms with van der Waals surface area (Å²) in [5.41, 5.74) is 2.63. The first-order valence-corrected chi connectivity index (χ1v) is 11.1. The fourth-order valence-electron chi connectivity index (χ4n) is 3.33. The number of rotatable bonds is 11. The summed E-state index contributed by atoms with van der Waals surface area (Å²) in [4.78, 5) is 24.3. The lowest BCUT2D eigenvalue weighted by Crippen LogP contribution is -2.13. The molecule has 0 aliphatic heterocycles. The maximum atomic E-state index is 12.6. The molecule has 0 aromatic heterocycles. The number of unbranched alkanes of at least 4 members (excludes halogenated alkanes) is 1. The van der Waals surface area contributed by atoms with Crippen LogP contribution < -0.4 is 10.1 Å². The van der Waals surface area contributed by atoms with Crippen LogP contribution in [-0.2, 0) is 22.4 Å². The van der Waals surface area contributed by atoms with Crippen LogP contribution in [0.4, 0.5) is 5.69 Å². The third-order valence-electron chi connectivity index (χ3n) is 5.05. The van der Waals surface area contributed by atoms with Gasteiger partial charge in [0, 0.05) is 5.56 Å². The minimum absolute atomic E-state index is 0.0639. The molecule has 0 atom stereocenters. The largest absolute Gasteiger partial charge is 0.506 e. The van der Waals surface area contributed by atoms with Gasteiger partial charge < -0.3 is 19.9 Å².